The normalized spacial score (nSPS) is 21.9. The molecular formula is C14H18F4N2. The molecule has 0 amide bonds. The molecule has 1 aromatic carbocycles. The van der Waals surface area contributed by atoms with Crippen molar-refractivity contribution in [1.29, 1.82) is 0 Å². The summed E-state index contributed by atoms with van der Waals surface area (Å²) in [5.74, 6) is -1.92. The van der Waals surface area contributed by atoms with Gasteiger partial charge in [0, 0.05) is 19.1 Å². The van der Waals surface area contributed by atoms with E-state index in [1.807, 2.05) is 0 Å². The summed E-state index contributed by atoms with van der Waals surface area (Å²) in [4.78, 5) is 1.48. The first-order valence-corrected chi connectivity index (χ1v) is 6.66. The molecular weight excluding hydrogens is 272 g/mol. The van der Waals surface area contributed by atoms with Crippen LogP contribution in [0, 0.1) is 11.7 Å². The quantitative estimate of drug-likeness (QED) is 0.843. The lowest BCUT2D eigenvalue weighted by Crippen LogP contribution is -2.42. The molecule has 0 radical (unpaired) electrons. The fourth-order valence-corrected chi connectivity index (χ4v) is 2.68. The molecule has 1 heterocycles. The van der Waals surface area contributed by atoms with E-state index < -0.39 is 24.0 Å². The predicted molar refractivity (Wildman–Crippen MR) is 70.0 cm³/mol. The minimum atomic E-state index is -4.24. The Kier molecular flexibility index (Phi) is 4.22. The molecule has 2 nitrogen and oxygen atoms in total. The highest BCUT2D eigenvalue weighted by atomic mass is 19.4. The van der Waals surface area contributed by atoms with Gasteiger partial charge in [-0.15, -0.1) is 0 Å². The van der Waals surface area contributed by atoms with Crippen molar-refractivity contribution in [2.45, 2.75) is 32.0 Å². The highest BCUT2D eigenvalue weighted by Crippen LogP contribution is 2.37. The number of anilines is 1. The van der Waals surface area contributed by atoms with Crippen molar-refractivity contribution in [3.63, 3.8) is 0 Å². The van der Waals surface area contributed by atoms with Crippen LogP contribution >= 0.6 is 0 Å². The molecule has 6 heteroatoms. The molecule has 2 atom stereocenters. The number of piperidine rings is 1. The van der Waals surface area contributed by atoms with Gasteiger partial charge >= 0.3 is 6.18 Å². The molecule has 2 N–H and O–H groups in total. The number of para-hydroxylation sites is 1. The van der Waals surface area contributed by atoms with Gasteiger partial charge in [0.05, 0.1) is 11.6 Å². The zero-order valence-corrected chi connectivity index (χ0v) is 11.3. The molecule has 1 unspecified atom stereocenters. The van der Waals surface area contributed by atoms with E-state index in [1.54, 1.807) is 13.0 Å². The molecule has 2 rings (SSSR count). The minimum Gasteiger partial charge on any atom is -0.368 e. The Labute approximate surface area is 115 Å². The third kappa shape index (κ3) is 3.06. The lowest BCUT2D eigenvalue weighted by Gasteiger charge is -2.36. The first kappa shape index (κ1) is 15.1. The second-order valence-corrected chi connectivity index (χ2v) is 5.29. The Bertz CT molecular complexity index is 471. The van der Waals surface area contributed by atoms with Gasteiger partial charge < -0.3 is 10.6 Å². The number of alkyl halides is 3. The SMILES string of the molecule is C[C@@H](N)c1cccc(F)c1N1CCCC(C(F)(F)F)C1. The first-order valence-electron chi connectivity index (χ1n) is 6.66. The third-order valence-electron chi connectivity index (χ3n) is 3.71. The summed E-state index contributed by atoms with van der Waals surface area (Å²) < 4.78 is 52.6. The monoisotopic (exact) mass is 290 g/mol. The summed E-state index contributed by atoms with van der Waals surface area (Å²) in [6.07, 6.45) is -3.74. The molecule has 1 aromatic rings. The standard InChI is InChI=1S/C14H18F4N2/c1-9(19)11-5-2-6-12(15)13(11)20-7-3-4-10(8-20)14(16,17)18/h2,5-6,9-10H,3-4,7-8,19H2,1H3/t9-,10?/m1/s1. The fraction of sp³-hybridized carbons (Fsp3) is 0.571. The third-order valence-corrected chi connectivity index (χ3v) is 3.71. The largest absolute Gasteiger partial charge is 0.393 e. The van der Waals surface area contributed by atoms with Crippen LogP contribution < -0.4 is 10.6 Å². The lowest BCUT2D eigenvalue weighted by atomic mass is 9.95. The maximum absolute atomic E-state index is 14.0. The van der Waals surface area contributed by atoms with E-state index in [1.165, 1.54) is 17.0 Å². The van der Waals surface area contributed by atoms with Gasteiger partial charge in [0.25, 0.3) is 0 Å². The van der Waals surface area contributed by atoms with Crippen molar-refractivity contribution in [2.24, 2.45) is 11.7 Å². The van der Waals surface area contributed by atoms with Crippen molar-refractivity contribution in [1.82, 2.24) is 0 Å². The van der Waals surface area contributed by atoms with Crippen LogP contribution in [0.3, 0.4) is 0 Å². The van der Waals surface area contributed by atoms with Gasteiger partial charge in [0.15, 0.2) is 0 Å². The topological polar surface area (TPSA) is 29.3 Å². The first-order chi connectivity index (χ1) is 9.30. The van der Waals surface area contributed by atoms with Crippen LogP contribution in [0.1, 0.15) is 31.4 Å². The zero-order valence-electron chi connectivity index (χ0n) is 11.3. The van der Waals surface area contributed by atoms with Gasteiger partial charge in [-0.2, -0.15) is 13.2 Å². The highest BCUT2D eigenvalue weighted by Gasteiger charge is 2.42. The number of benzene rings is 1. The summed E-state index contributed by atoms with van der Waals surface area (Å²) >= 11 is 0. The van der Waals surface area contributed by atoms with Crippen LogP contribution in [-0.2, 0) is 0 Å². The van der Waals surface area contributed by atoms with E-state index >= 15 is 0 Å². The molecule has 1 saturated heterocycles. The van der Waals surface area contributed by atoms with Crippen LogP contribution in [0.15, 0.2) is 18.2 Å². The number of nitrogens with two attached hydrogens (primary N) is 1. The molecule has 0 aromatic heterocycles. The van der Waals surface area contributed by atoms with E-state index in [0.29, 0.717) is 18.5 Å². The molecule has 0 bridgehead atoms. The van der Waals surface area contributed by atoms with E-state index in [4.69, 9.17) is 5.73 Å². The summed E-state index contributed by atoms with van der Waals surface area (Å²) in [5.41, 5.74) is 6.56. The molecule has 20 heavy (non-hydrogen) atoms. The molecule has 0 aliphatic carbocycles. The van der Waals surface area contributed by atoms with E-state index in [0.717, 1.165) is 0 Å². The number of halogens is 4. The molecule has 1 fully saturated rings. The maximum atomic E-state index is 14.0. The van der Waals surface area contributed by atoms with Gasteiger partial charge in [0.2, 0.25) is 0 Å². The number of hydrogen-bond donors (Lipinski definition) is 1. The van der Waals surface area contributed by atoms with Gasteiger partial charge in [-0.1, -0.05) is 12.1 Å². The molecule has 112 valence electrons. The van der Waals surface area contributed by atoms with Crippen LogP contribution in [0.25, 0.3) is 0 Å². The average Bonchev–Trinajstić information content (AvgIpc) is 2.37. The summed E-state index contributed by atoms with van der Waals surface area (Å²) in [7, 11) is 0. The van der Waals surface area contributed by atoms with Crippen molar-refractivity contribution in [2.75, 3.05) is 18.0 Å². The molecule has 1 aliphatic heterocycles. The summed E-state index contributed by atoms with van der Waals surface area (Å²) in [6, 6.07) is 4.04. The Balaban J connectivity index is 2.32. The Morgan fingerprint density at radius 3 is 2.65 bits per heavy atom. The van der Waals surface area contributed by atoms with Crippen molar-refractivity contribution in [3.8, 4) is 0 Å². The van der Waals surface area contributed by atoms with Crippen LogP contribution in [0.2, 0.25) is 0 Å². The van der Waals surface area contributed by atoms with E-state index in [2.05, 4.69) is 0 Å². The number of hydrogen-bond acceptors (Lipinski definition) is 2. The van der Waals surface area contributed by atoms with E-state index in [9.17, 15) is 17.6 Å². The number of nitrogens with zero attached hydrogens (tertiary/aromatic N) is 1. The van der Waals surface area contributed by atoms with Crippen LogP contribution in [0.4, 0.5) is 23.2 Å². The Morgan fingerprint density at radius 1 is 1.35 bits per heavy atom. The number of rotatable bonds is 2. The Morgan fingerprint density at radius 2 is 2.05 bits per heavy atom. The van der Waals surface area contributed by atoms with Crippen LogP contribution in [-0.4, -0.2) is 19.3 Å². The minimum absolute atomic E-state index is 0.0992. The second-order valence-electron chi connectivity index (χ2n) is 5.29. The van der Waals surface area contributed by atoms with Crippen molar-refractivity contribution in [3.05, 3.63) is 29.6 Å². The zero-order chi connectivity index (χ0) is 14.9. The molecule has 1 aliphatic rings. The second kappa shape index (κ2) is 5.60. The lowest BCUT2D eigenvalue weighted by molar-refractivity contribution is -0.176. The van der Waals surface area contributed by atoms with Crippen molar-refractivity contribution >= 4 is 5.69 Å². The summed E-state index contributed by atoms with van der Waals surface area (Å²) in [6.45, 7) is 1.92. The molecule has 0 saturated carbocycles. The van der Waals surface area contributed by atoms with Gasteiger partial charge in [-0.3, -0.25) is 0 Å². The van der Waals surface area contributed by atoms with Gasteiger partial charge in [0.1, 0.15) is 5.82 Å². The smallest absolute Gasteiger partial charge is 0.368 e. The van der Waals surface area contributed by atoms with Crippen molar-refractivity contribution < 1.29 is 17.6 Å². The predicted octanol–water partition coefficient (Wildman–Crippen LogP) is 3.62. The maximum Gasteiger partial charge on any atom is 0.393 e. The van der Waals surface area contributed by atoms with Gasteiger partial charge in [-0.05, 0) is 31.4 Å². The van der Waals surface area contributed by atoms with Crippen LogP contribution in [0.5, 0.6) is 0 Å². The summed E-state index contributed by atoms with van der Waals surface area (Å²) in [5, 5.41) is 0. The fourth-order valence-electron chi connectivity index (χ4n) is 2.68. The highest BCUT2D eigenvalue weighted by molar-refractivity contribution is 5.56. The van der Waals surface area contributed by atoms with E-state index in [-0.39, 0.29) is 18.7 Å². The Hall–Kier alpha value is -1.30. The van der Waals surface area contributed by atoms with Gasteiger partial charge in [-0.25, -0.2) is 4.39 Å². The molecule has 0 spiro atoms. The average molecular weight is 290 g/mol.